The number of carboxylic acid groups (broad SMARTS) is 1. The van der Waals surface area contributed by atoms with Crippen molar-refractivity contribution in [3.05, 3.63) is 48.0 Å². The van der Waals surface area contributed by atoms with Gasteiger partial charge in [0.05, 0.1) is 11.8 Å². The third-order valence-corrected chi connectivity index (χ3v) is 6.32. The molecule has 1 amide bonds. The number of carbonyl (C=O) groups excluding carboxylic acids is 1. The molecular weight excluding hydrogens is 314 g/mol. The van der Waals surface area contributed by atoms with Crippen LogP contribution in [0.3, 0.4) is 0 Å². The minimum atomic E-state index is -0.811. The lowest BCUT2D eigenvalue weighted by molar-refractivity contribution is -0.151. The van der Waals surface area contributed by atoms with E-state index in [1.165, 1.54) is 5.56 Å². The third kappa shape index (κ3) is 3.10. The Morgan fingerprint density at radius 1 is 1.00 bits per heavy atom. The van der Waals surface area contributed by atoms with E-state index in [2.05, 4.69) is 30.3 Å². The first-order valence-electron chi connectivity index (χ1n) is 9.37. The van der Waals surface area contributed by atoms with Crippen LogP contribution in [0.4, 0.5) is 0 Å². The highest BCUT2D eigenvalue weighted by atomic mass is 16.4. The number of piperidine rings is 1. The number of rotatable bonds is 4. The van der Waals surface area contributed by atoms with Crippen LogP contribution in [-0.4, -0.2) is 35.0 Å². The van der Waals surface area contributed by atoms with Crippen LogP contribution < -0.4 is 0 Å². The molecule has 4 rings (SSSR count). The number of hydrogen-bond donors (Lipinski definition) is 1. The second kappa shape index (κ2) is 6.66. The van der Waals surface area contributed by atoms with Crippen molar-refractivity contribution in [2.75, 3.05) is 13.1 Å². The molecule has 1 N–H and O–H groups in total. The van der Waals surface area contributed by atoms with E-state index in [4.69, 9.17) is 0 Å². The van der Waals surface area contributed by atoms with Gasteiger partial charge in [-0.25, -0.2) is 0 Å². The number of nitrogens with zero attached hydrogens (tertiary/aromatic N) is 1. The highest BCUT2D eigenvalue weighted by Gasteiger charge is 2.52. The number of amides is 1. The fourth-order valence-electron chi connectivity index (χ4n) is 5.01. The molecule has 1 aromatic carbocycles. The Morgan fingerprint density at radius 3 is 2.28 bits per heavy atom. The zero-order valence-electron chi connectivity index (χ0n) is 14.4. The molecule has 2 aliphatic carbocycles. The predicted molar refractivity (Wildman–Crippen MR) is 94.8 cm³/mol. The maximum atomic E-state index is 13.0. The molecule has 2 bridgehead atoms. The molecule has 0 radical (unpaired) electrons. The van der Waals surface area contributed by atoms with Gasteiger partial charge < -0.3 is 10.0 Å². The van der Waals surface area contributed by atoms with Crippen molar-refractivity contribution in [3.8, 4) is 0 Å². The van der Waals surface area contributed by atoms with Crippen molar-refractivity contribution < 1.29 is 14.7 Å². The summed E-state index contributed by atoms with van der Waals surface area (Å²) >= 11 is 0. The summed E-state index contributed by atoms with van der Waals surface area (Å²) in [5.41, 5.74) is 1.36. The third-order valence-electron chi connectivity index (χ3n) is 6.32. The van der Waals surface area contributed by atoms with Gasteiger partial charge >= 0.3 is 5.97 Å². The lowest BCUT2D eigenvalue weighted by atomic mass is 9.81. The lowest BCUT2D eigenvalue weighted by Crippen LogP contribution is -2.46. The van der Waals surface area contributed by atoms with E-state index in [1.807, 2.05) is 17.0 Å². The number of aliphatic carboxylic acids is 1. The summed E-state index contributed by atoms with van der Waals surface area (Å²) in [6.07, 6.45) is 7.98. The Hall–Kier alpha value is -2.10. The van der Waals surface area contributed by atoms with E-state index >= 15 is 0 Å². The Labute approximate surface area is 148 Å². The second-order valence-electron chi connectivity index (χ2n) is 7.80. The molecule has 0 unspecified atom stereocenters. The van der Waals surface area contributed by atoms with E-state index < -0.39 is 11.9 Å². The van der Waals surface area contributed by atoms with Gasteiger partial charge in [-0.05, 0) is 49.0 Å². The standard InChI is InChI=1S/C21H25NO3/c23-20(18-16-6-7-17(13-16)19(18)21(24)25)22-10-8-15(9-11-22)12-14-4-2-1-3-5-14/h1-7,15-19H,8-13H2,(H,24,25)/t16-,17+,18-,19-/m0/s1. The number of likely N-dealkylation sites (tertiary alicyclic amines) is 1. The summed E-state index contributed by atoms with van der Waals surface area (Å²) in [7, 11) is 0. The van der Waals surface area contributed by atoms with E-state index in [0.29, 0.717) is 5.92 Å². The Balaban J connectivity index is 1.37. The number of hydrogen-bond acceptors (Lipinski definition) is 2. The first kappa shape index (κ1) is 16.4. The molecule has 1 saturated heterocycles. The van der Waals surface area contributed by atoms with Gasteiger partial charge in [-0.15, -0.1) is 0 Å². The van der Waals surface area contributed by atoms with Crippen LogP contribution in [0.1, 0.15) is 24.8 Å². The van der Waals surface area contributed by atoms with Crippen molar-refractivity contribution in [2.45, 2.75) is 25.7 Å². The highest BCUT2D eigenvalue weighted by Crippen LogP contribution is 2.49. The summed E-state index contributed by atoms with van der Waals surface area (Å²) < 4.78 is 0. The lowest BCUT2D eigenvalue weighted by Gasteiger charge is -2.36. The first-order chi connectivity index (χ1) is 12.1. The fourth-order valence-corrected chi connectivity index (χ4v) is 5.01. The molecule has 1 saturated carbocycles. The molecular formula is C21H25NO3. The second-order valence-corrected chi connectivity index (χ2v) is 7.80. The van der Waals surface area contributed by atoms with Gasteiger partial charge in [-0.2, -0.15) is 0 Å². The molecule has 25 heavy (non-hydrogen) atoms. The summed E-state index contributed by atoms with van der Waals surface area (Å²) in [5, 5.41) is 9.55. The minimum Gasteiger partial charge on any atom is -0.481 e. The van der Waals surface area contributed by atoms with Gasteiger partial charge in [0, 0.05) is 13.1 Å². The van der Waals surface area contributed by atoms with Crippen LogP contribution in [0.25, 0.3) is 0 Å². The smallest absolute Gasteiger partial charge is 0.307 e. The Bertz CT molecular complexity index is 676. The van der Waals surface area contributed by atoms with Crippen LogP contribution in [0.15, 0.2) is 42.5 Å². The highest BCUT2D eigenvalue weighted by molar-refractivity contribution is 5.87. The van der Waals surface area contributed by atoms with E-state index in [9.17, 15) is 14.7 Å². The van der Waals surface area contributed by atoms with Crippen LogP contribution in [0.5, 0.6) is 0 Å². The summed E-state index contributed by atoms with van der Waals surface area (Å²) in [6, 6.07) is 10.5. The maximum Gasteiger partial charge on any atom is 0.307 e. The molecule has 3 aliphatic rings. The zero-order valence-corrected chi connectivity index (χ0v) is 14.4. The van der Waals surface area contributed by atoms with Crippen LogP contribution in [0.2, 0.25) is 0 Å². The molecule has 4 atom stereocenters. The van der Waals surface area contributed by atoms with Crippen molar-refractivity contribution >= 4 is 11.9 Å². The number of carbonyl (C=O) groups is 2. The quantitative estimate of drug-likeness (QED) is 0.858. The number of carboxylic acids is 1. The molecule has 4 heteroatoms. The van der Waals surface area contributed by atoms with Crippen LogP contribution in [-0.2, 0) is 16.0 Å². The Kier molecular flexibility index (Phi) is 4.36. The SMILES string of the molecule is O=C(O)[C@@H]1[C@@H](C(=O)N2CCC(Cc3ccccc3)CC2)[C@H]2C=C[C@@H]1C2. The van der Waals surface area contributed by atoms with Crippen molar-refractivity contribution in [3.63, 3.8) is 0 Å². The average Bonchev–Trinajstić information content (AvgIpc) is 3.24. The topological polar surface area (TPSA) is 57.6 Å². The van der Waals surface area contributed by atoms with E-state index in [0.717, 1.165) is 38.8 Å². The van der Waals surface area contributed by atoms with Crippen molar-refractivity contribution in [1.82, 2.24) is 4.90 Å². The molecule has 2 fully saturated rings. The monoisotopic (exact) mass is 339 g/mol. The largest absolute Gasteiger partial charge is 0.481 e. The number of allylic oxidation sites excluding steroid dienone is 2. The van der Waals surface area contributed by atoms with Crippen LogP contribution in [0, 0.1) is 29.6 Å². The summed E-state index contributed by atoms with van der Waals surface area (Å²) in [5.74, 6) is -0.825. The maximum absolute atomic E-state index is 13.0. The molecule has 1 aromatic rings. The van der Waals surface area contributed by atoms with Gasteiger partial charge in [-0.3, -0.25) is 9.59 Å². The molecule has 1 aliphatic heterocycles. The predicted octanol–water partition coefficient (Wildman–Crippen LogP) is 2.99. The van der Waals surface area contributed by atoms with Crippen LogP contribution >= 0.6 is 0 Å². The van der Waals surface area contributed by atoms with Crippen molar-refractivity contribution in [2.24, 2.45) is 29.6 Å². The Morgan fingerprint density at radius 2 is 1.64 bits per heavy atom. The van der Waals surface area contributed by atoms with E-state index in [1.54, 1.807) is 0 Å². The number of benzene rings is 1. The summed E-state index contributed by atoms with van der Waals surface area (Å²) in [6.45, 7) is 1.53. The molecule has 0 aromatic heterocycles. The van der Waals surface area contributed by atoms with Crippen molar-refractivity contribution in [1.29, 1.82) is 0 Å². The van der Waals surface area contributed by atoms with Gasteiger partial charge in [0.25, 0.3) is 0 Å². The summed E-state index contributed by atoms with van der Waals surface area (Å²) in [4.78, 5) is 26.6. The normalized spacial score (nSPS) is 31.4. The zero-order chi connectivity index (χ0) is 17.4. The number of fused-ring (bicyclic) bond motifs is 2. The molecule has 4 nitrogen and oxygen atoms in total. The van der Waals surface area contributed by atoms with Gasteiger partial charge in [0.2, 0.25) is 5.91 Å². The first-order valence-corrected chi connectivity index (χ1v) is 9.37. The van der Waals surface area contributed by atoms with Gasteiger partial charge in [0.15, 0.2) is 0 Å². The fraction of sp³-hybridized carbons (Fsp3) is 0.524. The molecule has 0 spiro atoms. The molecule has 132 valence electrons. The minimum absolute atomic E-state index is 0.0482. The van der Waals surface area contributed by atoms with Gasteiger partial charge in [-0.1, -0.05) is 42.5 Å². The average molecular weight is 339 g/mol. The molecule has 1 heterocycles. The van der Waals surface area contributed by atoms with E-state index in [-0.39, 0.29) is 23.7 Å². The van der Waals surface area contributed by atoms with Gasteiger partial charge in [0.1, 0.15) is 0 Å².